The van der Waals surface area contributed by atoms with Crippen LogP contribution in [0, 0.1) is 45.3 Å². The molecule has 50 heavy (non-hydrogen) atoms. The summed E-state index contributed by atoms with van der Waals surface area (Å²) in [6, 6.07) is 44.1. The van der Waals surface area contributed by atoms with Gasteiger partial charge in [0.05, 0.1) is 5.69 Å². The SMILES string of the molecule is C=C(C)C(=O)Oc1ccc(C(=C(C#N)C#N)C(=C(C#N)C#N)c2ccc(N=Nc3ccc(N(c4ccccc4)c4ccccc4)s3)cc2)cc1. The maximum absolute atomic E-state index is 12.0. The molecule has 0 saturated heterocycles. The first-order valence-electron chi connectivity index (χ1n) is 15.0. The second kappa shape index (κ2) is 16.0. The molecule has 0 amide bonds. The molecule has 4 aromatic carbocycles. The van der Waals surface area contributed by atoms with E-state index in [1.165, 1.54) is 42.5 Å². The first-order valence-corrected chi connectivity index (χ1v) is 15.8. The second-order valence-corrected chi connectivity index (χ2v) is 11.5. The summed E-state index contributed by atoms with van der Waals surface area (Å²) in [6.45, 7) is 5.08. The number of nitrogens with zero attached hydrogens (tertiary/aromatic N) is 7. The third-order valence-electron chi connectivity index (χ3n) is 7.15. The lowest BCUT2D eigenvalue weighted by Gasteiger charge is -2.23. The smallest absolute Gasteiger partial charge is 0.338 e. The summed E-state index contributed by atoms with van der Waals surface area (Å²) in [7, 11) is 0. The zero-order chi connectivity index (χ0) is 35.5. The van der Waals surface area contributed by atoms with Crippen molar-refractivity contribution in [1.82, 2.24) is 0 Å². The molecule has 1 aromatic heterocycles. The summed E-state index contributed by atoms with van der Waals surface area (Å²) in [5.41, 5.74) is 3.02. The van der Waals surface area contributed by atoms with E-state index in [4.69, 9.17) is 4.74 Å². The van der Waals surface area contributed by atoms with Gasteiger partial charge >= 0.3 is 5.97 Å². The van der Waals surface area contributed by atoms with E-state index in [0.29, 0.717) is 21.8 Å². The van der Waals surface area contributed by atoms with E-state index in [2.05, 4.69) is 21.7 Å². The zero-order valence-corrected chi connectivity index (χ0v) is 27.4. The number of hydrogen-bond acceptors (Lipinski definition) is 10. The van der Waals surface area contributed by atoms with Gasteiger partial charge in [0.15, 0.2) is 0 Å². The lowest BCUT2D eigenvalue weighted by Crippen LogP contribution is -2.08. The van der Waals surface area contributed by atoms with Crippen molar-refractivity contribution in [2.75, 3.05) is 4.90 Å². The van der Waals surface area contributed by atoms with Crippen LogP contribution in [0.4, 0.5) is 27.1 Å². The molecule has 238 valence electrons. The number of rotatable bonds is 10. The predicted molar refractivity (Wildman–Crippen MR) is 193 cm³/mol. The maximum Gasteiger partial charge on any atom is 0.338 e. The van der Waals surface area contributed by atoms with Crippen LogP contribution in [0.2, 0.25) is 0 Å². The number of thiophene rings is 1. The number of allylic oxidation sites excluding steroid dienone is 4. The minimum absolute atomic E-state index is 0.0766. The van der Waals surface area contributed by atoms with Gasteiger partial charge < -0.3 is 9.64 Å². The Morgan fingerprint density at radius 1 is 0.660 bits per heavy atom. The van der Waals surface area contributed by atoms with Gasteiger partial charge in [0, 0.05) is 28.1 Å². The van der Waals surface area contributed by atoms with Gasteiger partial charge in [-0.25, -0.2) is 4.79 Å². The first-order chi connectivity index (χ1) is 24.4. The molecule has 0 bridgehead atoms. The number of esters is 1. The Bertz CT molecular complexity index is 2240. The monoisotopic (exact) mass is 667 g/mol. The highest BCUT2D eigenvalue weighted by Crippen LogP contribution is 2.42. The van der Waals surface area contributed by atoms with Gasteiger partial charge in [0.1, 0.15) is 51.2 Å². The third-order valence-corrected chi connectivity index (χ3v) is 8.10. The number of ether oxygens (including phenoxy) is 1. The van der Waals surface area contributed by atoms with Gasteiger partial charge in [-0.2, -0.15) is 21.0 Å². The molecule has 0 aliphatic rings. The van der Waals surface area contributed by atoms with E-state index < -0.39 is 5.97 Å². The fourth-order valence-corrected chi connectivity index (χ4v) is 5.71. The lowest BCUT2D eigenvalue weighted by atomic mass is 9.86. The van der Waals surface area contributed by atoms with E-state index in [1.54, 1.807) is 24.3 Å². The van der Waals surface area contributed by atoms with Gasteiger partial charge in [0.2, 0.25) is 0 Å². The number of anilines is 3. The number of azo groups is 1. The van der Waals surface area contributed by atoms with E-state index in [0.717, 1.165) is 16.4 Å². The zero-order valence-electron chi connectivity index (χ0n) is 26.6. The molecule has 0 fully saturated rings. The summed E-state index contributed by atoms with van der Waals surface area (Å²) in [5.74, 6) is -0.401. The summed E-state index contributed by atoms with van der Waals surface area (Å²) in [5, 5.41) is 50.0. The molecule has 10 heteroatoms. The molecule has 5 aromatic rings. The van der Waals surface area contributed by atoms with Crippen molar-refractivity contribution < 1.29 is 9.53 Å². The summed E-state index contributed by atoms with van der Waals surface area (Å²) >= 11 is 1.47. The topological polar surface area (TPSA) is 149 Å². The number of carbonyl (C=O) groups is 1. The summed E-state index contributed by atoms with van der Waals surface area (Å²) < 4.78 is 5.26. The minimum Gasteiger partial charge on any atom is -0.423 e. The van der Waals surface area contributed by atoms with Crippen molar-refractivity contribution in [2.45, 2.75) is 6.92 Å². The fourth-order valence-electron chi connectivity index (χ4n) is 4.84. The Balaban J connectivity index is 1.46. The highest BCUT2D eigenvalue weighted by Gasteiger charge is 2.22. The Labute approximate surface area is 293 Å². The van der Waals surface area contributed by atoms with Crippen molar-refractivity contribution in [3.63, 3.8) is 0 Å². The molecule has 0 N–H and O–H groups in total. The third kappa shape index (κ3) is 7.77. The van der Waals surface area contributed by atoms with Crippen LogP contribution in [0.3, 0.4) is 0 Å². The Kier molecular flexibility index (Phi) is 10.8. The average molecular weight is 668 g/mol. The molecule has 0 spiro atoms. The van der Waals surface area contributed by atoms with Crippen molar-refractivity contribution in [2.24, 2.45) is 10.2 Å². The maximum atomic E-state index is 12.0. The van der Waals surface area contributed by atoms with Crippen molar-refractivity contribution in [3.8, 4) is 30.0 Å². The minimum atomic E-state index is -0.613. The number of para-hydroxylation sites is 2. The van der Waals surface area contributed by atoms with E-state index >= 15 is 0 Å². The van der Waals surface area contributed by atoms with E-state index in [9.17, 15) is 25.8 Å². The number of hydrogen-bond donors (Lipinski definition) is 0. The van der Waals surface area contributed by atoms with E-state index in [-0.39, 0.29) is 33.6 Å². The summed E-state index contributed by atoms with van der Waals surface area (Å²) in [4.78, 5) is 14.1. The van der Waals surface area contributed by atoms with Gasteiger partial charge in [-0.05, 0) is 78.7 Å². The molecule has 0 unspecified atom stereocenters. The molecule has 0 aliphatic heterocycles. The number of nitriles is 4. The average Bonchev–Trinajstić information content (AvgIpc) is 3.62. The van der Waals surface area contributed by atoms with Gasteiger partial charge in [-0.3, -0.25) is 0 Å². The molecule has 0 aliphatic carbocycles. The van der Waals surface area contributed by atoms with Crippen LogP contribution in [0.5, 0.6) is 5.75 Å². The van der Waals surface area contributed by atoms with Crippen LogP contribution in [-0.4, -0.2) is 5.97 Å². The molecule has 0 radical (unpaired) electrons. The molecule has 1 heterocycles. The molecular formula is C40H25N7O2S. The highest BCUT2D eigenvalue weighted by atomic mass is 32.1. The fraction of sp³-hybridized carbons (Fsp3) is 0.0250. The molecule has 0 atom stereocenters. The van der Waals surface area contributed by atoms with Crippen molar-refractivity contribution >= 4 is 55.5 Å². The highest BCUT2D eigenvalue weighted by molar-refractivity contribution is 7.19. The van der Waals surface area contributed by atoms with Gasteiger partial charge in [-0.15, -0.1) is 10.2 Å². The van der Waals surface area contributed by atoms with Crippen LogP contribution in [0.15, 0.2) is 155 Å². The number of benzene rings is 4. The lowest BCUT2D eigenvalue weighted by molar-refractivity contribution is -0.130. The number of carbonyl (C=O) groups excluding carboxylic acids is 1. The Morgan fingerprint density at radius 2 is 1.14 bits per heavy atom. The summed E-state index contributed by atoms with van der Waals surface area (Å²) in [6.07, 6.45) is 0. The van der Waals surface area contributed by atoms with Crippen LogP contribution >= 0.6 is 11.3 Å². The van der Waals surface area contributed by atoms with Crippen LogP contribution < -0.4 is 9.64 Å². The molecule has 0 saturated carbocycles. The van der Waals surface area contributed by atoms with E-state index in [1.807, 2.05) is 97.1 Å². The predicted octanol–water partition coefficient (Wildman–Crippen LogP) is 10.4. The van der Waals surface area contributed by atoms with Crippen molar-refractivity contribution in [1.29, 1.82) is 21.0 Å². The van der Waals surface area contributed by atoms with Gasteiger partial charge in [0.25, 0.3) is 0 Å². The molecular weight excluding hydrogens is 643 g/mol. The first kappa shape index (κ1) is 34.0. The quantitative estimate of drug-likeness (QED) is 0.0359. The van der Waals surface area contributed by atoms with Crippen molar-refractivity contribution in [3.05, 3.63) is 156 Å². The normalized spacial score (nSPS) is 10.1. The second-order valence-electron chi connectivity index (χ2n) is 10.5. The standard InChI is InChI=1S/C40H25N7O2S/c1-27(2)40(48)49-35-19-15-29(16-20-35)39(31(25-43)26-44)38(30(23-41)24-42)28-13-17-32(18-14-28)45-46-36-21-22-37(50-36)47(33-9-5-3-6-10-33)34-11-7-4-8-12-34/h3-22H,1H2,2H3. The largest absolute Gasteiger partial charge is 0.423 e. The molecule has 5 rings (SSSR count). The Hall–Kier alpha value is -7.37. The van der Waals surface area contributed by atoms with Crippen LogP contribution in [0.25, 0.3) is 11.1 Å². The van der Waals surface area contributed by atoms with Crippen LogP contribution in [0.1, 0.15) is 18.1 Å². The van der Waals surface area contributed by atoms with Gasteiger partial charge in [-0.1, -0.05) is 78.6 Å². The van der Waals surface area contributed by atoms with Crippen LogP contribution in [-0.2, 0) is 4.79 Å². The Morgan fingerprint density at radius 3 is 1.60 bits per heavy atom. The molecule has 9 nitrogen and oxygen atoms in total.